The van der Waals surface area contributed by atoms with Crippen LogP contribution < -0.4 is 0 Å². The van der Waals surface area contributed by atoms with Crippen molar-refractivity contribution in [3.05, 3.63) is 34.1 Å². The molecule has 1 aromatic carbocycles. The highest BCUT2D eigenvalue weighted by molar-refractivity contribution is 9.10. The van der Waals surface area contributed by atoms with Crippen LogP contribution in [0.4, 0.5) is 4.39 Å². The lowest BCUT2D eigenvalue weighted by Gasteiger charge is -2.27. The van der Waals surface area contributed by atoms with Crippen molar-refractivity contribution in [2.75, 3.05) is 0 Å². The fraction of sp³-hybridized carbons (Fsp3) is 0.588. The number of hydrogen-bond acceptors (Lipinski definition) is 1. The number of carbonyl (C=O) groups excluding carboxylic acids is 1. The molecule has 0 unspecified atom stereocenters. The first-order chi connectivity index (χ1) is 9.60. The number of carbonyl (C=O) groups is 1. The summed E-state index contributed by atoms with van der Waals surface area (Å²) in [6, 6.07) is 4.55. The zero-order chi connectivity index (χ0) is 14.5. The summed E-state index contributed by atoms with van der Waals surface area (Å²) in [5, 5.41) is 0. The van der Waals surface area contributed by atoms with Crippen LogP contribution in [0.3, 0.4) is 0 Å². The van der Waals surface area contributed by atoms with Gasteiger partial charge < -0.3 is 0 Å². The van der Waals surface area contributed by atoms with Gasteiger partial charge in [-0.1, -0.05) is 35.7 Å². The van der Waals surface area contributed by atoms with Gasteiger partial charge >= 0.3 is 0 Å². The molecule has 1 nitrogen and oxygen atoms in total. The highest BCUT2D eigenvalue weighted by Crippen LogP contribution is 2.33. The van der Waals surface area contributed by atoms with Crippen molar-refractivity contribution in [1.82, 2.24) is 0 Å². The maximum absolute atomic E-state index is 13.2. The standard InChI is InChI=1S/C17H22BrFO/c1-2-3-12-4-6-13(7-5-12)17(20)11-14-10-15(19)8-9-16(14)18/h8-10,12-13H,2-7,11H2,1H3. The van der Waals surface area contributed by atoms with E-state index in [1.807, 2.05) is 0 Å². The lowest BCUT2D eigenvalue weighted by molar-refractivity contribution is -0.123. The summed E-state index contributed by atoms with van der Waals surface area (Å²) >= 11 is 3.39. The SMILES string of the molecule is CCCC1CCC(C(=O)Cc2cc(F)ccc2Br)CC1. The van der Waals surface area contributed by atoms with Crippen LogP contribution in [0.5, 0.6) is 0 Å². The van der Waals surface area contributed by atoms with E-state index in [4.69, 9.17) is 0 Å². The molecule has 1 aliphatic carbocycles. The average molecular weight is 341 g/mol. The Hall–Kier alpha value is -0.700. The zero-order valence-electron chi connectivity index (χ0n) is 12.0. The minimum Gasteiger partial charge on any atom is -0.299 e. The summed E-state index contributed by atoms with van der Waals surface area (Å²) in [6.07, 6.45) is 7.24. The molecule has 110 valence electrons. The van der Waals surface area contributed by atoms with Crippen LogP contribution in [-0.2, 0) is 11.2 Å². The molecule has 0 amide bonds. The molecule has 0 aliphatic heterocycles. The van der Waals surface area contributed by atoms with Gasteiger partial charge in [-0.15, -0.1) is 0 Å². The third-order valence-electron chi connectivity index (χ3n) is 4.37. The maximum atomic E-state index is 13.2. The Bertz CT molecular complexity index is 464. The number of rotatable bonds is 5. The zero-order valence-corrected chi connectivity index (χ0v) is 13.6. The van der Waals surface area contributed by atoms with Gasteiger partial charge in [-0.2, -0.15) is 0 Å². The number of hydrogen-bond donors (Lipinski definition) is 0. The van der Waals surface area contributed by atoms with Crippen LogP contribution in [0.25, 0.3) is 0 Å². The van der Waals surface area contributed by atoms with Gasteiger partial charge in [-0.3, -0.25) is 4.79 Å². The van der Waals surface area contributed by atoms with E-state index >= 15 is 0 Å². The molecule has 1 aliphatic rings. The molecule has 20 heavy (non-hydrogen) atoms. The minimum absolute atomic E-state index is 0.179. The van der Waals surface area contributed by atoms with Gasteiger partial charge in [0.05, 0.1) is 0 Å². The summed E-state index contributed by atoms with van der Waals surface area (Å²) in [5.74, 6) is 0.983. The quantitative estimate of drug-likeness (QED) is 0.710. The van der Waals surface area contributed by atoms with Gasteiger partial charge in [0.2, 0.25) is 0 Å². The van der Waals surface area contributed by atoms with Crippen molar-refractivity contribution >= 4 is 21.7 Å². The molecule has 1 saturated carbocycles. The molecule has 3 heteroatoms. The molecule has 0 saturated heterocycles. The number of benzene rings is 1. The largest absolute Gasteiger partial charge is 0.299 e. The van der Waals surface area contributed by atoms with E-state index in [0.717, 1.165) is 28.8 Å². The van der Waals surface area contributed by atoms with Crippen LogP contribution in [0.2, 0.25) is 0 Å². The lowest BCUT2D eigenvalue weighted by atomic mass is 9.77. The predicted octanol–water partition coefficient (Wildman–Crippen LogP) is 5.31. The van der Waals surface area contributed by atoms with Gasteiger partial charge in [-0.05, 0) is 55.4 Å². The second-order valence-electron chi connectivity index (χ2n) is 5.89. The molecule has 0 aromatic heterocycles. The summed E-state index contributed by atoms with van der Waals surface area (Å²) in [6.45, 7) is 2.22. The fourth-order valence-electron chi connectivity index (χ4n) is 3.19. The van der Waals surface area contributed by atoms with Gasteiger partial charge in [-0.25, -0.2) is 4.39 Å². The number of ketones is 1. The average Bonchev–Trinajstić information content (AvgIpc) is 2.44. The fourth-order valence-corrected chi connectivity index (χ4v) is 3.58. The summed E-state index contributed by atoms with van der Waals surface area (Å²) in [7, 11) is 0. The molecular weight excluding hydrogens is 319 g/mol. The first-order valence-electron chi connectivity index (χ1n) is 7.56. The molecule has 1 aromatic rings. The third kappa shape index (κ3) is 4.15. The molecule has 0 bridgehead atoms. The Morgan fingerprint density at radius 3 is 2.65 bits per heavy atom. The van der Waals surface area contributed by atoms with Crippen molar-refractivity contribution in [3.8, 4) is 0 Å². The monoisotopic (exact) mass is 340 g/mol. The molecule has 2 rings (SSSR count). The molecular formula is C17H22BrFO. The molecule has 0 heterocycles. The summed E-state index contributed by atoms with van der Waals surface area (Å²) < 4.78 is 14.1. The normalized spacial score (nSPS) is 22.8. The van der Waals surface area contributed by atoms with E-state index < -0.39 is 0 Å². The van der Waals surface area contributed by atoms with Gasteiger partial charge in [0.15, 0.2) is 0 Å². The second-order valence-corrected chi connectivity index (χ2v) is 6.74. The highest BCUT2D eigenvalue weighted by atomic mass is 79.9. The van der Waals surface area contributed by atoms with Crippen LogP contribution in [-0.4, -0.2) is 5.78 Å². The maximum Gasteiger partial charge on any atom is 0.140 e. The highest BCUT2D eigenvalue weighted by Gasteiger charge is 2.26. The number of halogens is 2. The van der Waals surface area contributed by atoms with Crippen molar-refractivity contribution in [3.63, 3.8) is 0 Å². The Labute approximate surface area is 129 Å². The molecule has 0 spiro atoms. The first-order valence-corrected chi connectivity index (χ1v) is 8.36. The van der Waals surface area contributed by atoms with E-state index in [-0.39, 0.29) is 17.5 Å². The van der Waals surface area contributed by atoms with Crippen LogP contribution in [0.1, 0.15) is 51.0 Å². The topological polar surface area (TPSA) is 17.1 Å². The minimum atomic E-state index is -0.275. The lowest BCUT2D eigenvalue weighted by Crippen LogP contribution is -2.23. The first kappa shape index (κ1) is 15.7. The molecule has 0 N–H and O–H groups in total. The Balaban J connectivity index is 1.91. The molecule has 1 fully saturated rings. The van der Waals surface area contributed by atoms with Gasteiger partial charge in [0.1, 0.15) is 11.6 Å². The van der Waals surface area contributed by atoms with Crippen LogP contribution in [0.15, 0.2) is 22.7 Å². The third-order valence-corrected chi connectivity index (χ3v) is 5.15. The van der Waals surface area contributed by atoms with Crippen molar-refractivity contribution < 1.29 is 9.18 Å². The van der Waals surface area contributed by atoms with E-state index in [0.29, 0.717) is 6.42 Å². The summed E-state index contributed by atoms with van der Waals surface area (Å²) in [5.41, 5.74) is 0.769. The van der Waals surface area contributed by atoms with E-state index in [1.54, 1.807) is 6.07 Å². The predicted molar refractivity (Wildman–Crippen MR) is 83.2 cm³/mol. The Morgan fingerprint density at radius 2 is 2.00 bits per heavy atom. The Morgan fingerprint density at radius 1 is 1.30 bits per heavy atom. The second kappa shape index (κ2) is 7.35. The van der Waals surface area contributed by atoms with E-state index in [9.17, 15) is 9.18 Å². The van der Waals surface area contributed by atoms with E-state index in [1.165, 1.54) is 37.8 Å². The number of Topliss-reactive ketones (excluding diaryl/α,β-unsaturated/α-hetero) is 1. The van der Waals surface area contributed by atoms with Gasteiger partial charge in [0, 0.05) is 16.8 Å². The smallest absolute Gasteiger partial charge is 0.140 e. The van der Waals surface area contributed by atoms with E-state index in [2.05, 4.69) is 22.9 Å². The van der Waals surface area contributed by atoms with Gasteiger partial charge in [0.25, 0.3) is 0 Å². The van der Waals surface area contributed by atoms with Crippen molar-refractivity contribution in [2.45, 2.75) is 51.9 Å². The van der Waals surface area contributed by atoms with Crippen LogP contribution in [0, 0.1) is 17.7 Å². The van der Waals surface area contributed by atoms with Crippen molar-refractivity contribution in [1.29, 1.82) is 0 Å². The Kier molecular flexibility index (Phi) is 5.76. The van der Waals surface area contributed by atoms with Crippen LogP contribution >= 0.6 is 15.9 Å². The molecule has 0 radical (unpaired) electrons. The molecule has 0 atom stereocenters. The van der Waals surface area contributed by atoms with Crippen molar-refractivity contribution in [2.24, 2.45) is 11.8 Å². The summed E-state index contributed by atoms with van der Waals surface area (Å²) in [4.78, 5) is 12.4.